The van der Waals surface area contributed by atoms with Crippen LogP contribution < -0.4 is 25.6 Å². The fourth-order valence-electron chi connectivity index (χ4n) is 3.67. The van der Waals surface area contributed by atoms with Gasteiger partial charge in [-0.15, -0.1) is 0 Å². The molecule has 3 rings (SSSR count). The molecule has 0 unspecified atom stereocenters. The van der Waals surface area contributed by atoms with Crippen LogP contribution in [0.25, 0.3) is 0 Å². The van der Waals surface area contributed by atoms with Crippen LogP contribution >= 0.6 is 0 Å². The Morgan fingerprint density at radius 1 is 1.11 bits per heavy atom. The summed E-state index contributed by atoms with van der Waals surface area (Å²) in [5.41, 5.74) is -0.0243. The Morgan fingerprint density at radius 2 is 1.73 bits per heavy atom. The molecule has 0 atom stereocenters. The third-order valence-electron chi connectivity index (χ3n) is 5.74. The third-order valence-corrected chi connectivity index (χ3v) is 5.74. The SMILES string of the molecule is C=CC(=O)Nc1cccc(N/C(N=C)=C(/C=N\CNc2ccc(N3CCN(C)CC3)nc2OC)C(F)(F)F)c1.CC.CC=O. The molecule has 240 valence electrons. The van der Waals surface area contributed by atoms with E-state index in [4.69, 9.17) is 9.53 Å². The number of piperazine rings is 1. The first kappa shape index (κ1) is 37.3. The second-order valence-electron chi connectivity index (χ2n) is 8.72. The first-order valence-corrected chi connectivity index (χ1v) is 13.8. The normalized spacial score (nSPS) is 13.7. The third kappa shape index (κ3) is 12.3. The van der Waals surface area contributed by atoms with Gasteiger partial charge in [0.25, 0.3) is 0 Å². The lowest BCUT2D eigenvalue weighted by Gasteiger charge is -2.33. The molecule has 0 radical (unpaired) electrons. The number of aldehydes is 1. The van der Waals surface area contributed by atoms with Gasteiger partial charge in [-0.1, -0.05) is 26.5 Å². The van der Waals surface area contributed by atoms with Crippen LogP contribution in [0.1, 0.15) is 20.8 Å². The van der Waals surface area contributed by atoms with E-state index in [2.05, 4.69) is 61.1 Å². The van der Waals surface area contributed by atoms with E-state index in [0.29, 0.717) is 23.5 Å². The maximum Gasteiger partial charge on any atom is 0.421 e. The number of rotatable bonds is 11. The quantitative estimate of drug-likeness (QED) is 0.178. The van der Waals surface area contributed by atoms with Gasteiger partial charge in [0, 0.05) is 43.8 Å². The molecule has 1 amide bonds. The molecule has 0 saturated carbocycles. The van der Waals surface area contributed by atoms with Crippen LogP contribution in [-0.4, -0.2) is 88.2 Å². The zero-order chi connectivity index (χ0) is 33.1. The average molecular weight is 619 g/mol. The van der Waals surface area contributed by atoms with Crippen molar-refractivity contribution in [3.8, 4) is 5.88 Å². The molecule has 1 fully saturated rings. The number of anilines is 4. The summed E-state index contributed by atoms with van der Waals surface area (Å²) >= 11 is 0. The molecule has 2 heterocycles. The lowest BCUT2D eigenvalue weighted by atomic mass is 10.2. The van der Waals surface area contributed by atoms with Crippen molar-refractivity contribution in [1.82, 2.24) is 9.88 Å². The van der Waals surface area contributed by atoms with E-state index < -0.39 is 23.5 Å². The maximum absolute atomic E-state index is 13.9. The van der Waals surface area contributed by atoms with Crippen molar-refractivity contribution in [2.75, 3.05) is 67.9 Å². The lowest BCUT2D eigenvalue weighted by Crippen LogP contribution is -2.44. The van der Waals surface area contributed by atoms with E-state index in [9.17, 15) is 18.0 Å². The van der Waals surface area contributed by atoms with Crippen LogP contribution in [0.2, 0.25) is 0 Å². The summed E-state index contributed by atoms with van der Waals surface area (Å²) in [6, 6.07) is 9.69. The molecule has 0 spiro atoms. The highest BCUT2D eigenvalue weighted by Crippen LogP contribution is 2.29. The molecule has 0 aliphatic carbocycles. The van der Waals surface area contributed by atoms with Crippen molar-refractivity contribution in [3.05, 3.63) is 60.4 Å². The zero-order valence-corrected chi connectivity index (χ0v) is 25.7. The number of pyridine rings is 1. The smallest absolute Gasteiger partial charge is 0.421 e. The zero-order valence-electron chi connectivity index (χ0n) is 25.7. The van der Waals surface area contributed by atoms with Gasteiger partial charge in [-0.2, -0.15) is 18.2 Å². The molecular formula is C30H41F3N8O3. The Labute approximate surface area is 256 Å². The van der Waals surface area contributed by atoms with Crippen molar-refractivity contribution in [2.24, 2.45) is 9.98 Å². The second-order valence-corrected chi connectivity index (χ2v) is 8.72. The van der Waals surface area contributed by atoms with Crippen LogP contribution in [0.5, 0.6) is 5.88 Å². The monoisotopic (exact) mass is 618 g/mol. The molecule has 1 saturated heterocycles. The number of hydrogen-bond acceptors (Lipinski definition) is 10. The number of aromatic nitrogens is 1. The topological polar surface area (TPSA) is 124 Å². The molecule has 14 heteroatoms. The van der Waals surface area contributed by atoms with Crippen molar-refractivity contribution in [3.63, 3.8) is 0 Å². The summed E-state index contributed by atoms with van der Waals surface area (Å²) in [6.07, 6.45) is -2.27. The van der Waals surface area contributed by atoms with Gasteiger partial charge >= 0.3 is 6.18 Å². The van der Waals surface area contributed by atoms with Gasteiger partial charge in [-0.05, 0) is 57.1 Å². The Balaban J connectivity index is 0.00000182. The Bertz CT molecular complexity index is 1290. The number of alkyl halides is 3. The first-order valence-electron chi connectivity index (χ1n) is 13.8. The molecular weight excluding hydrogens is 577 g/mol. The van der Waals surface area contributed by atoms with Crippen LogP contribution in [0.15, 0.2) is 70.4 Å². The van der Waals surface area contributed by atoms with E-state index in [1.165, 1.54) is 26.2 Å². The number of ether oxygens (including phenoxy) is 1. The molecule has 1 aromatic carbocycles. The minimum atomic E-state index is -4.77. The van der Waals surface area contributed by atoms with Gasteiger partial charge in [0.1, 0.15) is 30.2 Å². The summed E-state index contributed by atoms with van der Waals surface area (Å²) in [7, 11) is 3.53. The van der Waals surface area contributed by atoms with Gasteiger partial charge in [0.15, 0.2) is 0 Å². The number of benzene rings is 1. The Kier molecular flexibility index (Phi) is 16.5. The predicted octanol–water partition coefficient (Wildman–Crippen LogP) is 5.22. The fourth-order valence-corrected chi connectivity index (χ4v) is 3.67. The average Bonchev–Trinajstić information content (AvgIpc) is 3.01. The molecule has 0 bridgehead atoms. The van der Waals surface area contributed by atoms with Crippen molar-refractivity contribution < 1.29 is 27.5 Å². The van der Waals surface area contributed by atoms with Crippen molar-refractivity contribution >= 4 is 48.0 Å². The number of nitrogens with zero attached hydrogens (tertiary/aromatic N) is 5. The molecule has 2 aromatic rings. The van der Waals surface area contributed by atoms with Gasteiger partial charge in [0.05, 0.1) is 12.8 Å². The second kappa shape index (κ2) is 19.5. The van der Waals surface area contributed by atoms with Gasteiger partial charge in [0.2, 0.25) is 11.8 Å². The number of carbonyl (C=O) groups is 2. The molecule has 3 N–H and O–H groups in total. The van der Waals surface area contributed by atoms with Gasteiger partial charge < -0.3 is 35.3 Å². The van der Waals surface area contributed by atoms with E-state index >= 15 is 0 Å². The van der Waals surface area contributed by atoms with Crippen LogP contribution in [-0.2, 0) is 9.59 Å². The highest BCUT2D eigenvalue weighted by Gasteiger charge is 2.36. The maximum atomic E-state index is 13.9. The largest absolute Gasteiger partial charge is 0.479 e. The molecule has 1 aliphatic rings. The van der Waals surface area contributed by atoms with Crippen molar-refractivity contribution in [2.45, 2.75) is 26.9 Å². The minimum Gasteiger partial charge on any atom is -0.479 e. The fraction of sp³-hybridized carbons (Fsp3) is 0.367. The lowest BCUT2D eigenvalue weighted by molar-refractivity contribution is -0.112. The van der Waals surface area contributed by atoms with Crippen molar-refractivity contribution in [1.29, 1.82) is 0 Å². The number of nitrogens with one attached hydrogen (secondary N) is 3. The standard InChI is InChI=1S/C26H31F3N8O2.C2H4O.C2H6/c1-5-23(38)33-18-7-6-8-19(15-18)34-24(30-2)20(26(27,28)29)16-31-17-32-21-9-10-22(35-25(21)39-4)37-13-11-36(3)12-14-37;1-2-3;1-2/h5-10,15-16,32,34H,1-2,11-14,17H2,3-4H3,(H,33,38);2H,1H3;1-2H3/b24-20-,31-16-;;. The molecule has 1 aliphatic heterocycles. The summed E-state index contributed by atoms with van der Waals surface area (Å²) in [5, 5.41) is 8.05. The van der Waals surface area contributed by atoms with Crippen LogP contribution in [0.3, 0.4) is 0 Å². The number of allylic oxidation sites excluding steroid dienone is 1. The number of hydrogen-bond donors (Lipinski definition) is 3. The van der Waals surface area contributed by atoms with E-state index in [1.807, 2.05) is 19.9 Å². The van der Waals surface area contributed by atoms with E-state index in [0.717, 1.165) is 44.4 Å². The number of amides is 1. The number of methoxy groups -OCH3 is 1. The predicted molar refractivity (Wildman–Crippen MR) is 172 cm³/mol. The Morgan fingerprint density at radius 3 is 2.27 bits per heavy atom. The summed E-state index contributed by atoms with van der Waals surface area (Å²) < 4.78 is 47.0. The summed E-state index contributed by atoms with van der Waals surface area (Å²) in [5.74, 6) is 0.0688. The summed E-state index contributed by atoms with van der Waals surface area (Å²) in [4.78, 5) is 36.7. The minimum absolute atomic E-state index is 0.182. The number of likely N-dealkylation sites (N-methyl/N-ethyl adjacent to an activating group) is 1. The number of carbonyl (C=O) groups excluding carboxylic acids is 2. The highest BCUT2D eigenvalue weighted by molar-refractivity contribution is 5.99. The summed E-state index contributed by atoms with van der Waals surface area (Å²) in [6.45, 7) is 15.4. The van der Waals surface area contributed by atoms with Gasteiger partial charge in [-0.3, -0.25) is 9.79 Å². The van der Waals surface area contributed by atoms with Crippen LogP contribution in [0.4, 0.5) is 36.1 Å². The Hall–Kier alpha value is -4.72. The number of halogens is 3. The van der Waals surface area contributed by atoms with E-state index in [-0.39, 0.29) is 12.4 Å². The molecule has 1 aromatic heterocycles. The first-order chi connectivity index (χ1) is 21.1. The number of aliphatic imine (C=N–C) groups is 2. The van der Waals surface area contributed by atoms with Crippen LogP contribution in [0, 0.1) is 0 Å². The molecule has 11 nitrogen and oxygen atoms in total. The van der Waals surface area contributed by atoms with E-state index in [1.54, 1.807) is 18.2 Å². The molecule has 44 heavy (non-hydrogen) atoms. The highest BCUT2D eigenvalue weighted by atomic mass is 19.4. The van der Waals surface area contributed by atoms with Gasteiger partial charge in [-0.25, -0.2) is 4.99 Å².